The van der Waals surface area contributed by atoms with Crippen molar-refractivity contribution in [3.63, 3.8) is 0 Å². The topological polar surface area (TPSA) is 105 Å². The summed E-state index contributed by atoms with van der Waals surface area (Å²) in [6.07, 6.45) is -6.07. The van der Waals surface area contributed by atoms with Crippen LogP contribution in [0.15, 0.2) is 0 Å². The molecule has 3 N–H and O–H groups in total. The molecule has 1 saturated heterocycles. The van der Waals surface area contributed by atoms with Crippen LogP contribution in [0.4, 0.5) is 0 Å². The molecule has 0 saturated carbocycles. The van der Waals surface area contributed by atoms with Crippen LogP contribution in [0.5, 0.6) is 0 Å². The normalized spacial score (nSPS) is 39.4. The average Bonchev–Trinajstić information content (AvgIpc) is 2.25. The summed E-state index contributed by atoms with van der Waals surface area (Å²) in [5.41, 5.74) is 0. The van der Waals surface area contributed by atoms with Gasteiger partial charge in [0.1, 0.15) is 18.3 Å². The zero-order valence-electron chi connectivity index (χ0n) is 8.78. The summed E-state index contributed by atoms with van der Waals surface area (Å²) in [4.78, 5) is 10.8. The van der Waals surface area contributed by atoms with Crippen LogP contribution in [-0.4, -0.2) is 58.6 Å². The molecule has 0 amide bonds. The Morgan fingerprint density at radius 3 is 2.50 bits per heavy atom. The van der Waals surface area contributed by atoms with Crippen molar-refractivity contribution in [2.45, 2.75) is 37.6 Å². The number of aliphatic hydroxyl groups excluding tert-OH is 3. The number of esters is 1. The van der Waals surface area contributed by atoms with Crippen molar-refractivity contribution in [1.82, 2.24) is 0 Å². The molecule has 1 aliphatic heterocycles. The first-order chi connectivity index (χ1) is 7.51. The molecule has 16 heavy (non-hydrogen) atoms. The van der Waals surface area contributed by atoms with Gasteiger partial charge in [0.15, 0.2) is 12.4 Å². The van der Waals surface area contributed by atoms with Crippen LogP contribution in [0.1, 0.15) is 6.92 Å². The van der Waals surface area contributed by atoms with E-state index in [1.54, 1.807) is 0 Å². The molecule has 7 heteroatoms. The van der Waals surface area contributed by atoms with Crippen molar-refractivity contribution in [3.05, 3.63) is 7.11 Å². The summed E-state index contributed by atoms with van der Waals surface area (Å²) in [5.74, 6) is -0.649. The Bertz CT molecular complexity index is 242. The highest BCUT2D eigenvalue weighted by Crippen LogP contribution is 2.24. The zero-order valence-corrected chi connectivity index (χ0v) is 8.78. The average molecular weight is 235 g/mol. The number of hydrogen-bond donors (Lipinski definition) is 3. The lowest BCUT2D eigenvalue weighted by molar-refractivity contribution is -0.292. The smallest absolute Gasteiger partial charge is 0.303 e. The Balaban J connectivity index is 2.77. The summed E-state index contributed by atoms with van der Waals surface area (Å²) >= 11 is 0. The van der Waals surface area contributed by atoms with Gasteiger partial charge < -0.3 is 29.5 Å². The molecule has 93 valence electrons. The van der Waals surface area contributed by atoms with Gasteiger partial charge in [-0.15, -0.1) is 0 Å². The first kappa shape index (κ1) is 13.3. The first-order valence-electron chi connectivity index (χ1n) is 4.71. The van der Waals surface area contributed by atoms with E-state index in [1.165, 1.54) is 0 Å². The summed E-state index contributed by atoms with van der Waals surface area (Å²) in [5, 5.41) is 28.1. The van der Waals surface area contributed by atoms with E-state index in [2.05, 4.69) is 11.8 Å². The molecule has 7 nitrogen and oxygen atoms in total. The second-order valence-electron chi connectivity index (χ2n) is 3.45. The molecule has 1 aliphatic rings. The number of carbonyl (C=O) groups excluding carboxylic acids is 1. The maximum Gasteiger partial charge on any atom is 0.303 e. The minimum Gasteiger partial charge on any atom is -0.454 e. The molecule has 0 aromatic rings. The lowest BCUT2D eigenvalue weighted by atomic mass is 9.99. The fourth-order valence-electron chi connectivity index (χ4n) is 1.51. The molecule has 0 bridgehead atoms. The van der Waals surface area contributed by atoms with Crippen LogP contribution < -0.4 is 0 Å². The van der Waals surface area contributed by atoms with E-state index in [0.717, 1.165) is 6.92 Å². The van der Waals surface area contributed by atoms with Gasteiger partial charge in [0.2, 0.25) is 0 Å². The van der Waals surface area contributed by atoms with Gasteiger partial charge in [-0.25, -0.2) is 0 Å². The third kappa shape index (κ3) is 2.69. The molecule has 0 aliphatic carbocycles. The predicted octanol–water partition coefficient (Wildman–Crippen LogP) is -1.83. The van der Waals surface area contributed by atoms with Crippen LogP contribution in [0.3, 0.4) is 0 Å². The molecule has 1 heterocycles. The van der Waals surface area contributed by atoms with Crippen molar-refractivity contribution in [2.24, 2.45) is 0 Å². The minimum atomic E-state index is -1.40. The van der Waals surface area contributed by atoms with Crippen LogP contribution in [0, 0.1) is 7.11 Å². The van der Waals surface area contributed by atoms with Crippen LogP contribution in [0.25, 0.3) is 0 Å². The lowest BCUT2D eigenvalue weighted by Crippen LogP contribution is -2.60. The zero-order chi connectivity index (χ0) is 12.3. The van der Waals surface area contributed by atoms with Gasteiger partial charge in [-0.1, -0.05) is 0 Å². The highest BCUT2D eigenvalue weighted by Gasteiger charge is 2.46. The molecule has 0 aromatic heterocycles. The Labute approximate surface area is 92.5 Å². The van der Waals surface area contributed by atoms with Crippen molar-refractivity contribution in [2.75, 3.05) is 6.61 Å². The Kier molecular flexibility index (Phi) is 4.63. The van der Waals surface area contributed by atoms with Crippen LogP contribution in [0.2, 0.25) is 0 Å². The van der Waals surface area contributed by atoms with E-state index >= 15 is 0 Å². The monoisotopic (exact) mass is 235 g/mol. The Morgan fingerprint density at radius 1 is 1.44 bits per heavy atom. The van der Waals surface area contributed by atoms with Crippen molar-refractivity contribution < 1.29 is 34.3 Å². The highest BCUT2D eigenvalue weighted by molar-refractivity contribution is 5.66. The summed E-state index contributed by atoms with van der Waals surface area (Å²) in [6, 6.07) is 0. The number of aliphatic hydroxyl groups is 3. The molecule has 1 rings (SSSR count). The van der Waals surface area contributed by atoms with Gasteiger partial charge in [-0.3, -0.25) is 4.79 Å². The number of carbonyl (C=O) groups is 1. The number of ether oxygens (including phenoxy) is 3. The minimum absolute atomic E-state index is 0.495. The van der Waals surface area contributed by atoms with E-state index in [0.29, 0.717) is 0 Å². The van der Waals surface area contributed by atoms with Gasteiger partial charge >= 0.3 is 5.97 Å². The quantitative estimate of drug-likeness (QED) is 0.494. The SMILES string of the molecule is [CH2]O[C@@H]1O[C@H](CO)[C@@H](O)[C@H](O)[C@H]1OC(C)=O. The number of rotatable bonds is 3. The summed E-state index contributed by atoms with van der Waals surface area (Å²) in [6.45, 7) is 0.655. The molecule has 1 fully saturated rings. The van der Waals surface area contributed by atoms with Gasteiger partial charge in [0.25, 0.3) is 0 Å². The standard InChI is InChI=1S/C9H15O7/c1-4(11)15-8-7(13)6(12)5(3-10)16-9(8)14-2/h5-10,12-13H,2-3H2,1H3/t5-,6-,7+,8-,9-/m1/s1. The van der Waals surface area contributed by atoms with Gasteiger partial charge in [0, 0.05) is 6.92 Å². The van der Waals surface area contributed by atoms with E-state index in [-0.39, 0.29) is 0 Å². The summed E-state index contributed by atoms with van der Waals surface area (Å²) in [7, 11) is 3.10. The maximum atomic E-state index is 10.8. The Hall–Kier alpha value is -0.730. The molecule has 0 spiro atoms. The largest absolute Gasteiger partial charge is 0.454 e. The summed E-state index contributed by atoms with van der Waals surface area (Å²) < 4.78 is 14.4. The molecule has 1 radical (unpaired) electrons. The predicted molar refractivity (Wildman–Crippen MR) is 49.8 cm³/mol. The van der Waals surface area contributed by atoms with E-state index < -0.39 is 43.3 Å². The molecular weight excluding hydrogens is 220 g/mol. The van der Waals surface area contributed by atoms with Gasteiger partial charge in [0.05, 0.1) is 13.7 Å². The molecule has 5 atom stereocenters. The fraction of sp³-hybridized carbons (Fsp3) is 0.778. The first-order valence-corrected chi connectivity index (χ1v) is 4.71. The number of hydrogen-bond acceptors (Lipinski definition) is 7. The third-order valence-electron chi connectivity index (χ3n) is 2.29. The molecule has 0 aromatic carbocycles. The third-order valence-corrected chi connectivity index (χ3v) is 2.29. The van der Waals surface area contributed by atoms with Crippen molar-refractivity contribution in [1.29, 1.82) is 0 Å². The second-order valence-corrected chi connectivity index (χ2v) is 3.45. The van der Waals surface area contributed by atoms with E-state index in [9.17, 15) is 15.0 Å². The maximum absolute atomic E-state index is 10.8. The Morgan fingerprint density at radius 2 is 2.06 bits per heavy atom. The van der Waals surface area contributed by atoms with E-state index in [1.807, 2.05) is 0 Å². The van der Waals surface area contributed by atoms with E-state index in [4.69, 9.17) is 14.6 Å². The van der Waals surface area contributed by atoms with Gasteiger partial charge in [-0.2, -0.15) is 0 Å². The lowest BCUT2D eigenvalue weighted by Gasteiger charge is -2.40. The van der Waals surface area contributed by atoms with Crippen molar-refractivity contribution >= 4 is 5.97 Å². The van der Waals surface area contributed by atoms with Crippen LogP contribution >= 0.6 is 0 Å². The fourth-order valence-corrected chi connectivity index (χ4v) is 1.51. The highest BCUT2D eigenvalue weighted by atomic mass is 16.7. The second kappa shape index (κ2) is 5.55. The van der Waals surface area contributed by atoms with Crippen LogP contribution in [-0.2, 0) is 19.0 Å². The molecule has 0 unspecified atom stereocenters. The van der Waals surface area contributed by atoms with Crippen molar-refractivity contribution in [3.8, 4) is 0 Å². The van der Waals surface area contributed by atoms with Gasteiger partial charge in [-0.05, 0) is 0 Å². The molecular formula is C9H15O7.